The van der Waals surface area contributed by atoms with E-state index in [-0.39, 0.29) is 21.8 Å². The molecule has 2 rings (SSSR count). The van der Waals surface area contributed by atoms with Gasteiger partial charge >= 0.3 is 12.2 Å². The molecule has 0 bridgehead atoms. The van der Waals surface area contributed by atoms with Crippen molar-refractivity contribution in [1.29, 1.82) is 0 Å². The third-order valence-corrected chi connectivity index (χ3v) is 2.38. The molecule has 0 radical (unpaired) electrons. The molecular formula is C10H9F3N4O. The molecule has 1 aromatic carbocycles. The van der Waals surface area contributed by atoms with Crippen LogP contribution in [0.15, 0.2) is 23.0 Å². The highest BCUT2D eigenvalue weighted by molar-refractivity contribution is 5.45. The standard InChI is InChI=1S/C10H9F3N4O/c1-5-15-17(10(18)16(5)9(12)13)8-3-2-6(14)4-7(8)11/h2-4,9H,14H2,1H3. The van der Waals surface area contributed by atoms with Crippen molar-refractivity contribution in [3.05, 3.63) is 40.3 Å². The van der Waals surface area contributed by atoms with Gasteiger partial charge in [0, 0.05) is 5.69 Å². The van der Waals surface area contributed by atoms with Crippen molar-refractivity contribution in [1.82, 2.24) is 14.3 Å². The van der Waals surface area contributed by atoms with Gasteiger partial charge in [-0.3, -0.25) is 0 Å². The highest BCUT2D eigenvalue weighted by Crippen LogP contribution is 2.16. The number of aromatic nitrogens is 3. The van der Waals surface area contributed by atoms with Gasteiger partial charge in [0.05, 0.1) is 0 Å². The van der Waals surface area contributed by atoms with Crippen molar-refractivity contribution in [2.75, 3.05) is 5.73 Å². The van der Waals surface area contributed by atoms with Crippen LogP contribution in [0.3, 0.4) is 0 Å². The van der Waals surface area contributed by atoms with Crippen molar-refractivity contribution >= 4 is 5.69 Å². The molecule has 0 aliphatic heterocycles. The van der Waals surface area contributed by atoms with E-state index in [0.717, 1.165) is 6.07 Å². The third kappa shape index (κ3) is 1.85. The second-order valence-corrected chi connectivity index (χ2v) is 3.60. The Morgan fingerprint density at radius 3 is 2.56 bits per heavy atom. The summed E-state index contributed by atoms with van der Waals surface area (Å²) in [5, 5.41) is 3.60. The number of aryl methyl sites for hydroxylation is 1. The van der Waals surface area contributed by atoms with Crippen LogP contribution < -0.4 is 11.4 Å². The quantitative estimate of drug-likeness (QED) is 0.829. The smallest absolute Gasteiger partial charge is 0.355 e. The van der Waals surface area contributed by atoms with Crippen LogP contribution in [0.1, 0.15) is 12.4 Å². The molecule has 2 N–H and O–H groups in total. The van der Waals surface area contributed by atoms with Crippen molar-refractivity contribution in [3.8, 4) is 5.69 Å². The third-order valence-electron chi connectivity index (χ3n) is 2.38. The molecule has 0 saturated heterocycles. The number of nitrogen functional groups attached to an aromatic ring is 1. The summed E-state index contributed by atoms with van der Waals surface area (Å²) in [6.45, 7) is -1.79. The van der Waals surface area contributed by atoms with Gasteiger partial charge in [-0.15, -0.1) is 5.10 Å². The summed E-state index contributed by atoms with van der Waals surface area (Å²) in [5.74, 6) is -1.01. The minimum atomic E-state index is -3.02. The van der Waals surface area contributed by atoms with Gasteiger partial charge in [-0.1, -0.05) is 0 Å². The first-order valence-corrected chi connectivity index (χ1v) is 4.93. The summed E-state index contributed by atoms with van der Waals surface area (Å²) in [4.78, 5) is 11.7. The predicted octanol–water partition coefficient (Wildman–Crippen LogP) is 1.46. The van der Waals surface area contributed by atoms with Gasteiger partial charge in [0.15, 0.2) is 5.82 Å². The summed E-state index contributed by atoms with van der Waals surface area (Å²) >= 11 is 0. The van der Waals surface area contributed by atoms with E-state index < -0.39 is 18.1 Å². The fraction of sp³-hybridized carbons (Fsp3) is 0.200. The molecule has 0 fully saturated rings. The maximum Gasteiger partial charge on any atom is 0.355 e. The molecule has 5 nitrogen and oxygen atoms in total. The number of alkyl halides is 2. The van der Waals surface area contributed by atoms with Crippen molar-refractivity contribution in [3.63, 3.8) is 0 Å². The maximum absolute atomic E-state index is 13.6. The van der Waals surface area contributed by atoms with Gasteiger partial charge in [0.2, 0.25) is 0 Å². The molecule has 8 heteroatoms. The highest BCUT2D eigenvalue weighted by atomic mass is 19.3. The number of halogens is 3. The first kappa shape index (κ1) is 12.2. The Labute approximate surface area is 99.3 Å². The SMILES string of the molecule is Cc1nn(-c2ccc(N)cc2F)c(=O)n1C(F)F. The minimum Gasteiger partial charge on any atom is -0.399 e. The number of nitrogens with zero attached hydrogens (tertiary/aromatic N) is 3. The summed E-state index contributed by atoms with van der Waals surface area (Å²) < 4.78 is 39.5. The van der Waals surface area contributed by atoms with Gasteiger partial charge < -0.3 is 5.73 Å². The molecule has 96 valence electrons. The number of rotatable bonds is 2. The molecule has 1 heterocycles. The van der Waals surface area contributed by atoms with Gasteiger partial charge in [-0.05, 0) is 25.1 Å². The van der Waals surface area contributed by atoms with E-state index in [9.17, 15) is 18.0 Å². The van der Waals surface area contributed by atoms with Crippen molar-refractivity contribution in [2.45, 2.75) is 13.5 Å². The first-order chi connectivity index (χ1) is 8.41. The zero-order chi connectivity index (χ0) is 13.4. The van der Waals surface area contributed by atoms with Gasteiger partial charge in [-0.2, -0.15) is 13.5 Å². The summed E-state index contributed by atoms with van der Waals surface area (Å²) in [6.07, 6.45) is 0. The molecule has 1 aromatic heterocycles. The summed E-state index contributed by atoms with van der Waals surface area (Å²) in [5.41, 5.74) is 4.18. The van der Waals surface area contributed by atoms with Crippen LogP contribution in [0.2, 0.25) is 0 Å². The Morgan fingerprint density at radius 2 is 2.06 bits per heavy atom. The second-order valence-electron chi connectivity index (χ2n) is 3.60. The fourth-order valence-corrected chi connectivity index (χ4v) is 1.55. The van der Waals surface area contributed by atoms with Crippen LogP contribution >= 0.6 is 0 Å². The van der Waals surface area contributed by atoms with Gasteiger partial charge in [-0.25, -0.2) is 13.8 Å². The molecule has 0 unspecified atom stereocenters. The van der Waals surface area contributed by atoms with Crippen LogP contribution in [0.4, 0.5) is 18.9 Å². The molecule has 2 aromatic rings. The monoisotopic (exact) mass is 258 g/mol. The van der Waals surface area contributed by atoms with E-state index in [4.69, 9.17) is 5.73 Å². The normalized spacial score (nSPS) is 11.2. The topological polar surface area (TPSA) is 65.8 Å². The van der Waals surface area contributed by atoms with E-state index in [1.807, 2.05) is 0 Å². The van der Waals surface area contributed by atoms with Crippen LogP contribution in [-0.2, 0) is 0 Å². The molecule has 0 saturated carbocycles. The van der Waals surface area contributed by atoms with E-state index in [1.54, 1.807) is 0 Å². The Hall–Kier alpha value is -2.25. The lowest BCUT2D eigenvalue weighted by Crippen LogP contribution is -2.25. The Bertz CT molecular complexity index is 647. The number of hydrogen-bond donors (Lipinski definition) is 1. The van der Waals surface area contributed by atoms with Crippen LogP contribution in [0.5, 0.6) is 0 Å². The molecule has 0 aliphatic rings. The van der Waals surface area contributed by atoms with Gasteiger partial charge in [0.1, 0.15) is 11.5 Å². The number of hydrogen-bond acceptors (Lipinski definition) is 3. The van der Waals surface area contributed by atoms with Gasteiger partial charge in [0.25, 0.3) is 0 Å². The second kappa shape index (κ2) is 4.21. The average Bonchev–Trinajstić information content (AvgIpc) is 2.54. The first-order valence-electron chi connectivity index (χ1n) is 4.93. The van der Waals surface area contributed by atoms with Crippen molar-refractivity contribution < 1.29 is 13.2 Å². The average molecular weight is 258 g/mol. The molecular weight excluding hydrogens is 249 g/mol. The lowest BCUT2D eigenvalue weighted by atomic mass is 10.3. The maximum atomic E-state index is 13.6. The lowest BCUT2D eigenvalue weighted by molar-refractivity contribution is 0.0640. The molecule has 0 amide bonds. The minimum absolute atomic E-state index is 0.161. The van der Waals surface area contributed by atoms with E-state index >= 15 is 0 Å². The molecule has 0 atom stereocenters. The lowest BCUT2D eigenvalue weighted by Gasteiger charge is -2.02. The summed E-state index contributed by atoms with van der Waals surface area (Å²) in [7, 11) is 0. The zero-order valence-electron chi connectivity index (χ0n) is 9.27. The molecule has 0 aliphatic carbocycles. The Morgan fingerprint density at radius 1 is 1.39 bits per heavy atom. The highest BCUT2D eigenvalue weighted by Gasteiger charge is 2.19. The summed E-state index contributed by atoms with van der Waals surface area (Å²) in [6, 6.07) is 3.54. The molecule has 18 heavy (non-hydrogen) atoms. The van der Waals surface area contributed by atoms with Crippen LogP contribution in [0.25, 0.3) is 5.69 Å². The van der Waals surface area contributed by atoms with E-state index in [0.29, 0.717) is 4.68 Å². The van der Waals surface area contributed by atoms with Crippen molar-refractivity contribution in [2.24, 2.45) is 0 Å². The zero-order valence-corrected chi connectivity index (χ0v) is 9.27. The van der Waals surface area contributed by atoms with Crippen LogP contribution in [0, 0.1) is 12.7 Å². The largest absolute Gasteiger partial charge is 0.399 e. The molecule has 0 spiro atoms. The van der Waals surface area contributed by atoms with E-state index in [2.05, 4.69) is 5.10 Å². The van der Waals surface area contributed by atoms with Crippen LogP contribution in [-0.4, -0.2) is 14.3 Å². The number of anilines is 1. The fourth-order valence-electron chi connectivity index (χ4n) is 1.55. The predicted molar refractivity (Wildman–Crippen MR) is 58.2 cm³/mol. The number of nitrogens with two attached hydrogens (primary N) is 1. The Kier molecular flexibility index (Phi) is 2.85. The van der Waals surface area contributed by atoms with E-state index in [1.165, 1.54) is 19.1 Å². The number of benzene rings is 1. The Balaban J connectivity index is 2.66.